The van der Waals surface area contributed by atoms with E-state index < -0.39 is 0 Å². The zero-order valence-corrected chi connectivity index (χ0v) is 13.2. The quantitative estimate of drug-likeness (QED) is 0.764. The Hall–Kier alpha value is -2.33. The first kappa shape index (κ1) is 14.6. The van der Waals surface area contributed by atoms with Crippen molar-refractivity contribution in [1.82, 2.24) is 0 Å². The molecule has 0 N–H and O–H groups in total. The molecule has 0 saturated carbocycles. The van der Waals surface area contributed by atoms with Gasteiger partial charge in [0.15, 0.2) is 0 Å². The van der Waals surface area contributed by atoms with Crippen LogP contribution in [0, 0.1) is 13.8 Å². The molecule has 3 nitrogen and oxygen atoms in total. The molecule has 3 rings (SSSR count). The number of hydrogen-bond acceptors (Lipinski definition) is 3. The molecular weight excluding hydrogens is 294 g/mol. The first-order chi connectivity index (χ1) is 10.5. The Kier molecular flexibility index (Phi) is 3.86. The number of rotatable bonds is 2. The number of hydrogen-bond donors (Lipinski definition) is 0. The Balaban J connectivity index is 1.93. The second-order valence-corrected chi connectivity index (χ2v) is 6.26. The van der Waals surface area contributed by atoms with Crippen LogP contribution in [-0.4, -0.2) is 11.1 Å². The van der Waals surface area contributed by atoms with Crippen LogP contribution in [0.5, 0.6) is 0 Å². The summed E-state index contributed by atoms with van der Waals surface area (Å²) in [4.78, 5) is 26.4. The van der Waals surface area contributed by atoms with E-state index in [0.29, 0.717) is 10.6 Å². The minimum absolute atomic E-state index is 0.257. The molecule has 0 atom stereocenters. The topological polar surface area (TPSA) is 37.4 Å². The van der Waals surface area contributed by atoms with Crippen molar-refractivity contribution in [3.8, 4) is 0 Å². The second kappa shape index (κ2) is 5.81. The number of nitrogens with zero attached hydrogens (tertiary/aromatic N) is 1. The summed E-state index contributed by atoms with van der Waals surface area (Å²) in [5.74, 6) is -0.264. The largest absolute Gasteiger partial charge is 0.298 e. The first-order valence-electron chi connectivity index (χ1n) is 6.96. The van der Waals surface area contributed by atoms with E-state index in [1.54, 1.807) is 18.2 Å². The van der Waals surface area contributed by atoms with Gasteiger partial charge in [0.1, 0.15) is 0 Å². The van der Waals surface area contributed by atoms with E-state index in [2.05, 4.69) is 0 Å². The molecule has 0 aliphatic carbocycles. The van der Waals surface area contributed by atoms with Crippen LogP contribution in [0.4, 0.5) is 10.5 Å². The van der Waals surface area contributed by atoms with Crippen molar-refractivity contribution in [2.75, 3.05) is 4.90 Å². The zero-order valence-electron chi connectivity index (χ0n) is 12.4. The molecule has 0 aromatic heterocycles. The number of carbonyl (C=O) groups is 2. The predicted octanol–water partition coefficient (Wildman–Crippen LogP) is 4.54. The van der Waals surface area contributed by atoms with Crippen LogP contribution in [0.1, 0.15) is 16.7 Å². The highest BCUT2D eigenvalue weighted by molar-refractivity contribution is 8.19. The van der Waals surface area contributed by atoms with Gasteiger partial charge in [0, 0.05) is 0 Å². The van der Waals surface area contributed by atoms with Gasteiger partial charge in [-0.2, -0.15) is 0 Å². The van der Waals surface area contributed by atoms with E-state index in [0.717, 1.165) is 28.5 Å². The number of imide groups is 1. The van der Waals surface area contributed by atoms with E-state index in [1.165, 1.54) is 4.90 Å². The van der Waals surface area contributed by atoms with Crippen molar-refractivity contribution in [3.05, 3.63) is 70.1 Å². The van der Waals surface area contributed by atoms with Crippen molar-refractivity contribution >= 4 is 34.7 Å². The first-order valence-corrected chi connectivity index (χ1v) is 7.77. The smallest absolute Gasteiger partial charge is 0.268 e. The molecule has 1 fully saturated rings. The van der Waals surface area contributed by atoms with Gasteiger partial charge in [-0.1, -0.05) is 47.5 Å². The Bertz CT molecular complexity index is 778. The Labute approximate surface area is 133 Å². The number of aryl methyl sites for hydroxylation is 2. The van der Waals surface area contributed by atoms with Crippen molar-refractivity contribution in [2.45, 2.75) is 13.8 Å². The third kappa shape index (κ3) is 2.83. The molecule has 22 heavy (non-hydrogen) atoms. The minimum atomic E-state index is -0.264. The lowest BCUT2D eigenvalue weighted by molar-refractivity contribution is -0.113. The van der Waals surface area contributed by atoms with Gasteiger partial charge in [-0.15, -0.1) is 0 Å². The average molecular weight is 309 g/mol. The highest BCUT2D eigenvalue weighted by Crippen LogP contribution is 2.35. The molecule has 2 aromatic rings. The lowest BCUT2D eigenvalue weighted by Crippen LogP contribution is -2.27. The summed E-state index contributed by atoms with van der Waals surface area (Å²) >= 11 is 0.980. The monoisotopic (exact) mass is 309 g/mol. The minimum Gasteiger partial charge on any atom is -0.268 e. The van der Waals surface area contributed by atoms with Gasteiger partial charge >= 0.3 is 0 Å². The summed E-state index contributed by atoms with van der Waals surface area (Å²) in [5.41, 5.74) is 3.74. The molecular formula is C18H15NO2S. The highest BCUT2D eigenvalue weighted by Gasteiger charge is 2.36. The maximum Gasteiger partial charge on any atom is 0.298 e. The third-order valence-corrected chi connectivity index (χ3v) is 4.30. The average Bonchev–Trinajstić information content (AvgIpc) is 2.75. The summed E-state index contributed by atoms with van der Waals surface area (Å²) in [6.45, 7) is 3.96. The summed E-state index contributed by atoms with van der Waals surface area (Å²) in [7, 11) is 0. The number of thioether (sulfide) groups is 1. The molecule has 0 bridgehead atoms. The second-order valence-electron chi connectivity index (χ2n) is 5.27. The summed E-state index contributed by atoms with van der Waals surface area (Å²) in [6.07, 6.45) is 1.77. The molecule has 0 unspecified atom stereocenters. The number of carbonyl (C=O) groups excluding carboxylic acids is 2. The van der Waals surface area contributed by atoms with E-state index >= 15 is 0 Å². The molecule has 110 valence electrons. The van der Waals surface area contributed by atoms with Gasteiger partial charge in [-0.25, -0.2) is 4.90 Å². The van der Waals surface area contributed by atoms with E-state index in [1.807, 2.05) is 50.2 Å². The van der Waals surface area contributed by atoms with Crippen molar-refractivity contribution in [1.29, 1.82) is 0 Å². The summed E-state index contributed by atoms with van der Waals surface area (Å²) in [5, 5.41) is -0.257. The molecule has 4 heteroatoms. The predicted molar refractivity (Wildman–Crippen MR) is 90.8 cm³/mol. The zero-order chi connectivity index (χ0) is 15.7. The van der Waals surface area contributed by atoms with Crippen LogP contribution in [-0.2, 0) is 4.79 Å². The molecule has 1 aliphatic rings. The van der Waals surface area contributed by atoms with Crippen LogP contribution in [0.25, 0.3) is 6.08 Å². The van der Waals surface area contributed by atoms with Gasteiger partial charge < -0.3 is 0 Å². The van der Waals surface area contributed by atoms with Crippen LogP contribution in [0.3, 0.4) is 0 Å². The highest BCUT2D eigenvalue weighted by atomic mass is 32.2. The van der Waals surface area contributed by atoms with E-state index in [9.17, 15) is 9.59 Å². The van der Waals surface area contributed by atoms with Crippen LogP contribution < -0.4 is 4.90 Å². The molecule has 1 aliphatic heterocycles. The van der Waals surface area contributed by atoms with Gasteiger partial charge in [0.05, 0.1) is 10.6 Å². The SMILES string of the molecule is Cc1ccc(N2C(=O)S/C(=C\c3cccc(C)c3)C2=O)cc1. The van der Waals surface area contributed by atoms with Gasteiger partial charge in [0.25, 0.3) is 11.1 Å². The molecule has 2 aromatic carbocycles. The van der Waals surface area contributed by atoms with Crippen LogP contribution in [0.15, 0.2) is 53.4 Å². The lowest BCUT2D eigenvalue weighted by atomic mass is 10.1. The summed E-state index contributed by atoms with van der Waals surface area (Å²) in [6, 6.07) is 15.2. The van der Waals surface area contributed by atoms with Gasteiger partial charge in [-0.3, -0.25) is 9.59 Å². The number of benzene rings is 2. The Morgan fingerprint density at radius 3 is 2.36 bits per heavy atom. The molecule has 0 radical (unpaired) electrons. The Morgan fingerprint density at radius 1 is 0.955 bits per heavy atom. The summed E-state index contributed by atoms with van der Waals surface area (Å²) < 4.78 is 0. The fraction of sp³-hybridized carbons (Fsp3) is 0.111. The van der Waals surface area contributed by atoms with Crippen LogP contribution >= 0.6 is 11.8 Å². The molecule has 0 spiro atoms. The van der Waals surface area contributed by atoms with Crippen molar-refractivity contribution in [3.63, 3.8) is 0 Å². The normalized spacial score (nSPS) is 16.6. The fourth-order valence-corrected chi connectivity index (χ4v) is 3.14. The van der Waals surface area contributed by atoms with Gasteiger partial charge in [-0.05, 0) is 49.4 Å². The molecule has 2 amide bonds. The number of amides is 2. The van der Waals surface area contributed by atoms with Crippen molar-refractivity contribution < 1.29 is 9.59 Å². The maximum atomic E-state index is 12.5. The van der Waals surface area contributed by atoms with E-state index in [-0.39, 0.29) is 11.1 Å². The van der Waals surface area contributed by atoms with Gasteiger partial charge in [0.2, 0.25) is 0 Å². The van der Waals surface area contributed by atoms with E-state index in [4.69, 9.17) is 0 Å². The molecule has 1 saturated heterocycles. The van der Waals surface area contributed by atoms with Crippen molar-refractivity contribution in [2.24, 2.45) is 0 Å². The standard InChI is InChI=1S/C18H15NO2S/c1-12-6-8-15(9-7-12)19-17(20)16(22-18(19)21)11-14-5-3-4-13(2)10-14/h3-11H,1-2H3/b16-11-. The third-order valence-electron chi connectivity index (χ3n) is 3.43. The lowest BCUT2D eigenvalue weighted by Gasteiger charge is -2.12. The fourth-order valence-electron chi connectivity index (χ4n) is 2.30. The maximum absolute atomic E-state index is 12.5. The molecule has 1 heterocycles. The van der Waals surface area contributed by atoms with Crippen LogP contribution in [0.2, 0.25) is 0 Å². The Morgan fingerprint density at radius 2 is 1.68 bits per heavy atom. The number of anilines is 1.